The highest BCUT2D eigenvalue weighted by atomic mass is 16.5. The molecule has 1 unspecified atom stereocenters. The first kappa shape index (κ1) is 14.2. The van der Waals surface area contributed by atoms with Gasteiger partial charge in [0.25, 0.3) is 5.91 Å². The van der Waals surface area contributed by atoms with Crippen molar-refractivity contribution in [3.63, 3.8) is 0 Å². The highest BCUT2D eigenvalue weighted by Gasteiger charge is 2.21. The monoisotopic (exact) mass is 292 g/mol. The summed E-state index contributed by atoms with van der Waals surface area (Å²) in [4.78, 5) is 16.9. The van der Waals surface area contributed by atoms with Crippen molar-refractivity contribution in [2.24, 2.45) is 0 Å². The molecule has 0 aliphatic heterocycles. The highest BCUT2D eigenvalue weighted by Crippen LogP contribution is 2.20. The summed E-state index contributed by atoms with van der Waals surface area (Å²) in [6, 6.07) is 20.8. The van der Waals surface area contributed by atoms with E-state index in [4.69, 9.17) is 4.74 Å². The van der Waals surface area contributed by atoms with Crippen LogP contribution in [0.4, 0.5) is 5.69 Å². The van der Waals surface area contributed by atoms with Crippen LogP contribution in [0.2, 0.25) is 0 Å². The quantitative estimate of drug-likeness (QED) is 0.800. The average molecular weight is 292 g/mol. The SMILES string of the molecule is COC(C(=O)Nc1ccccc1)c1ccc2ccccc2n1. The molecule has 0 bridgehead atoms. The minimum Gasteiger partial charge on any atom is -0.365 e. The van der Waals surface area contributed by atoms with Crippen molar-refractivity contribution in [2.45, 2.75) is 6.10 Å². The first-order valence-corrected chi connectivity index (χ1v) is 7.02. The van der Waals surface area contributed by atoms with Crippen molar-refractivity contribution in [1.29, 1.82) is 0 Å². The third-order valence-corrected chi connectivity index (χ3v) is 3.40. The first-order chi connectivity index (χ1) is 10.8. The molecule has 1 amide bonds. The van der Waals surface area contributed by atoms with Gasteiger partial charge in [-0.3, -0.25) is 4.79 Å². The molecule has 110 valence electrons. The minimum absolute atomic E-state index is 0.239. The van der Waals surface area contributed by atoms with Gasteiger partial charge in [-0.05, 0) is 24.3 Å². The second-order valence-electron chi connectivity index (χ2n) is 4.90. The van der Waals surface area contributed by atoms with Crippen molar-refractivity contribution in [3.8, 4) is 0 Å². The van der Waals surface area contributed by atoms with E-state index in [9.17, 15) is 4.79 Å². The Labute approximate surface area is 128 Å². The highest BCUT2D eigenvalue weighted by molar-refractivity contribution is 5.95. The molecule has 0 fully saturated rings. The summed E-state index contributed by atoms with van der Waals surface area (Å²) in [5, 5.41) is 3.87. The molecule has 1 N–H and O–H groups in total. The van der Waals surface area contributed by atoms with Crippen molar-refractivity contribution >= 4 is 22.5 Å². The lowest BCUT2D eigenvalue weighted by Crippen LogP contribution is -2.23. The fraction of sp³-hybridized carbons (Fsp3) is 0.111. The van der Waals surface area contributed by atoms with Crippen LogP contribution in [0.25, 0.3) is 10.9 Å². The van der Waals surface area contributed by atoms with Gasteiger partial charge in [0.15, 0.2) is 6.10 Å². The van der Waals surface area contributed by atoms with Crippen LogP contribution in [0.3, 0.4) is 0 Å². The molecule has 0 saturated heterocycles. The van der Waals surface area contributed by atoms with E-state index >= 15 is 0 Å². The van der Waals surface area contributed by atoms with E-state index in [0.717, 1.165) is 16.6 Å². The van der Waals surface area contributed by atoms with Crippen molar-refractivity contribution < 1.29 is 9.53 Å². The number of pyridine rings is 1. The van der Waals surface area contributed by atoms with Gasteiger partial charge in [-0.2, -0.15) is 0 Å². The lowest BCUT2D eigenvalue weighted by Gasteiger charge is -2.15. The Morgan fingerprint density at radius 3 is 2.50 bits per heavy atom. The van der Waals surface area contributed by atoms with E-state index in [-0.39, 0.29) is 5.91 Å². The summed E-state index contributed by atoms with van der Waals surface area (Å²) in [5.41, 5.74) is 2.17. The fourth-order valence-electron chi connectivity index (χ4n) is 2.32. The molecule has 0 saturated carbocycles. The number of rotatable bonds is 4. The largest absolute Gasteiger partial charge is 0.365 e. The summed E-state index contributed by atoms with van der Waals surface area (Å²) in [6.07, 6.45) is -0.746. The number of fused-ring (bicyclic) bond motifs is 1. The molecule has 3 rings (SSSR count). The summed E-state index contributed by atoms with van der Waals surface area (Å²) in [5.74, 6) is -0.239. The number of hydrogen-bond donors (Lipinski definition) is 1. The second-order valence-corrected chi connectivity index (χ2v) is 4.90. The molecule has 3 aromatic rings. The van der Waals surface area contributed by atoms with Crippen LogP contribution < -0.4 is 5.32 Å². The second kappa shape index (κ2) is 6.37. The van der Waals surface area contributed by atoms with Gasteiger partial charge in [0, 0.05) is 18.2 Å². The number of nitrogens with one attached hydrogen (secondary N) is 1. The van der Waals surface area contributed by atoms with Crippen LogP contribution in [-0.4, -0.2) is 18.0 Å². The molecule has 0 radical (unpaired) electrons. The van der Waals surface area contributed by atoms with Crippen LogP contribution in [-0.2, 0) is 9.53 Å². The molecule has 2 aromatic carbocycles. The zero-order valence-electron chi connectivity index (χ0n) is 12.2. The van der Waals surface area contributed by atoms with Crippen molar-refractivity contribution in [3.05, 3.63) is 72.4 Å². The van der Waals surface area contributed by atoms with Crippen LogP contribution in [0, 0.1) is 0 Å². The van der Waals surface area contributed by atoms with E-state index in [1.165, 1.54) is 7.11 Å². The van der Waals surface area contributed by atoms with Crippen molar-refractivity contribution in [2.75, 3.05) is 12.4 Å². The summed E-state index contributed by atoms with van der Waals surface area (Å²) >= 11 is 0. The van der Waals surface area contributed by atoms with Gasteiger partial charge in [0.2, 0.25) is 0 Å². The van der Waals surface area contributed by atoms with E-state index < -0.39 is 6.10 Å². The van der Waals surface area contributed by atoms with E-state index in [1.807, 2.05) is 66.7 Å². The molecule has 1 heterocycles. The number of anilines is 1. The Kier molecular flexibility index (Phi) is 4.12. The molecule has 4 nitrogen and oxygen atoms in total. The Balaban J connectivity index is 1.87. The molecule has 1 atom stereocenters. The summed E-state index contributed by atoms with van der Waals surface area (Å²) in [7, 11) is 1.51. The number of ether oxygens (including phenoxy) is 1. The van der Waals surface area contributed by atoms with E-state index in [2.05, 4.69) is 10.3 Å². The van der Waals surface area contributed by atoms with Gasteiger partial charge in [0.05, 0.1) is 11.2 Å². The molecule has 0 aliphatic carbocycles. The normalized spacial score (nSPS) is 12.0. The number of methoxy groups -OCH3 is 1. The van der Waals surface area contributed by atoms with E-state index in [1.54, 1.807) is 0 Å². The third-order valence-electron chi connectivity index (χ3n) is 3.40. The van der Waals surface area contributed by atoms with Gasteiger partial charge in [0.1, 0.15) is 0 Å². The fourth-order valence-corrected chi connectivity index (χ4v) is 2.32. The molecule has 22 heavy (non-hydrogen) atoms. The van der Waals surface area contributed by atoms with Gasteiger partial charge >= 0.3 is 0 Å². The topological polar surface area (TPSA) is 51.2 Å². The maximum Gasteiger partial charge on any atom is 0.259 e. The molecule has 4 heteroatoms. The number of nitrogens with zero attached hydrogens (tertiary/aromatic N) is 1. The average Bonchev–Trinajstić information content (AvgIpc) is 2.56. The number of benzene rings is 2. The van der Waals surface area contributed by atoms with Crippen LogP contribution in [0.1, 0.15) is 11.8 Å². The number of hydrogen-bond acceptors (Lipinski definition) is 3. The summed E-state index contributed by atoms with van der Waals surface area (Å²) in [6.45, 7) is 0. The van der Waals surface area contributed by atoms with Crippen LogP contribution in [0.15, 0.2) is 66.7 Å². The number of amides is 1. The van der Waals surface area contributed by atoms with Gasteiger partial charge in [-0.1, -0.05) is 42.5 Å². The Hall–Kier alpha value is -2.72. The molecule has 1 aromatic heterocycles. The predicted octanol–water partition coefficient (Wildman–Crippen LogP) is 3.56. The molecule has 0 aliphatic rings. The predicted molar refractivity (Wildman–Crippen MR) is 86.6 cm³/mol. The van der Waals surface area contributed by atoms with Crippen LogP contribution in [0.5, 0.6) is 0 Å². The smallest absolute Gasteiger partial charge is 0.259 e. The Morgan fingerprint density at radius 1 is 1.00 bits per heavy atom. The minimum atomic E-state index is -0.746. The van der Waals surface area contributed by atoms with Crippen LogP contribution >= 0.6 is 0 Å². The Morgan fingerprint density at radius 2 is 1.73 bits per heavy atom. The standard InChI is InChI=1S/C18H16N2O2/c1-22-17(18(21)19-14-8-3-2-4-9-14)16-12-11-13-7-5-6-10-15(13)20-16/h2-12,17H,1H3,(H,19,21). The maximum absolute atomic E-state index is 12.4. The molecule has 0 spiro atoms. The first-order valence-electron chi connectivity index (χ1n) is 7.02. The lowest BCUT2D eigenvalue weighted by atomic mass is 10.1. The molecular formula is C18H16N2O2. The van der Waals surface area contributed by atoms with Crippen molar-refractivity contribution in [1.82, 2.24) is 4.98 Å². The van der Waals surface area contributed by atoms with Gasteiger partial charge < -0.3 is 10.1 Å². The number of para-hydroxylation sites is 2. The summed E-state index contributed by atoms with van der Waals surface area (Å²) < 4.78 is 5.34. The zero-order valence-corrected chi connectivity index (χ0v) is 12.2. The third kappa shape index (κ3) is 2.97. The Bertz CT molecular complexity index is 787. The lowest BCUT2D eigenvalue weighted by molar-refractivity contribution is -0.126. The number of carbonyl (C=O) groups excluding carboxylic acids is 1. The van der Waals surface area contributed by atoms with Gasteiger partial charge in [-0.15, -0.1) is 0 Å². The molecular weight excluding hydrogens is 276 g/mol. The maximum atomic E-state index is 12.4. The number of aromatic nitrogens is 1. The van der Waals surface area contributed by atoms with Gasteiger partial charge in [-0.25, -0.2) is 4.98 Å². The van der Waals surface area contributed by atoms with E-state index in [0.29, 0.717) is 5.69 Å². The zero-order chi connectivity index (χ0) is 15.4. The number of carbonyl (C=O) groups is 1.